The molecule has 0 fully saturated rings. The molecule has 0 aromatic heterocycles. The van der Waals surface area contributed by atoms with Gasteiger partial charge in [-0.25, -0.2) is 0 Å². The number of rotatable bonds is 2. The van der Waals surface area contributed by atoms with Gasteiger partial charge in [-0.3, -0.25) is 4.84 Å². The smallest absolute Gasteiger partial charge is 0.155 e. The summed E-state index contributed by atoms with van der Waals surface area (Å²) in [6.07, 6.45) is 0. The van der Waals surface area contributed by atoms with E-state index < -0.39 is 0 Å². The van der Waals surface area contributed by atoms with Crippen LogP contribution in [0.15, 0.2) is 0 Å². The summed E-state index contributed by atoms with van der Waals surface area (Å²) in [5.74, 6) is 0. The highest BCUT2D eigenvalue weighted by Gasteiger charge is 1.60. The molecule has 0 spiro atoms. The number of nitrogens with one attached hydrogen (secondary N) is 1. The first-order valence-electron chi connectivity index (χ1n) is 1.42. The largest absolute Gasteiger partial charge is 0.453 e. The van der Waals surface area contributed by atoms with Crippen LogP contribution in [0.3, 0.4) is 0 Å². The van der Waals surface area contributed by atoms with Crippen molar-refractivity contribution in [3.63, 3.8) is 0 Å². The van der Waals surface area contributed by atoms with Gasteiger partial charge < -0.3 is 5.53 Å². The fourth-order valence-corrected chi connectivity index (χ4v) is 0.0645. The minimum Gasteiger partial charge on any atom is -0.453 e. The third-order valence-corrected chi connectivity index (χ3v) is 0.209. The van der Waals surface area contributed by atoms with Crippen molar-refractivity contribution < 1.29 is 10.1 Å². The molecule has 0 aliphatic heterocycles. The lowest BCUT2D eigenvalue weighted by atomic mass is 10.9. The number of hydrogen-bond acceptors (Lipinski definition) is 1. The average molecular weight is 74.1 g/mol. The van der Waals surface area contributed by atoms with E-state index in [0.29, 0.717) is 6.61 Å². The molecular formula is C2H6N2O. The van der Waals surface area contributed by atoms with Crippen molar-refractivity contribution in [1.29, 1.82) is 0 Å². The van der Waals surface area contributed by atoms with E-state index in [1.165, 1.54) is 5.28 Å². The van der Waals surface area contributed by atoms with Crippen molar-refractivity contribution in [2.75, 3.05) is 6.61 Å². The van der Waals surface area contributed by atoms with Crippen molar-refractivity contribution in [3.05, 3.63) is 5.53 Å². The molecule has 0 bridgehead atoms. The molecule has 5 heavy (non-hydrogen) atoms. The van der Waals surface area contributed by atoms with Gasteiger partial charge in [0.15, 0.2) is 6.61 Å². The van der Waals surface area contributed by atoms with Gasteiger partial charge in [-0.05, 0) is 6.92 Å². The fraction of sp³-hybridized carbons (Fsp3) is 1.00. The quantitative estimate of drug-likeness (QED) is 0.333. The molecule has 0 aromatic rings. The Morgan fingerprint density at radius 3 is 2.60 bits per heavy atom. The van der Waals surface area contributed by atoms with Gasteiger partial charge >= 0.3 is 0 Å². The fourth-order valence-electron chi connectivity index (χ4n) is 0.0645. The van der Waals surface area contributed by atoms with Gasteiger partial charge in [0, 0.05) is 0 Å². The molecule has 0 aliphatic carbocycles. The number of hydrogen-bond donors (Lipinski definition) is 1. The van der Waals surface area contributed by atoms with Crippen molar-refractivity contribution in [2.24, 2.45) is 0 Å². The maximum absolute atomic E-state index is 7.59. The summed E-state index contributed by atoms with van der Waals surface area (Å²) in [5, 5.41) is 1.52. The molecule has 1 N–H and O–H groups in total. The first-order chi connectivity index (χ1) is 2.41. The van der Waals surface area contributed by atoms with E-state index in [1.54, 1.807) is 6.92 Å². The Balaban J connectivity index is 2.40. The van der Waals surface area contributed by atoms with Gasteiger partial charge in [-0.2, -0.15) is 0 Å². The highest BCUT2D eigenvalue weighted by molar-refractivity contribution is 3.89. The summed E-state index contributed by atoms with van der Waals surface area (Å²) in [6.45, 7) is 2.25. The molecule has 0 radical (unpaired) electrons. The zero-order valence-electron chi connectivity index (χ0n) is 3.06. The molecule has 0 aromatic carbocycles. The standard InChI is InChI=1S/C2H6N2O/c1-2-5-4-3/h4H,2H2,1H3. The van der Waals surface area contributed by atoms with Crippen LogP contribution in [0.4, 0.5) is 0 Å². The molecular weight excluding hydrogens is 68.0 g/mol. The lowest BCUT2D eigenvalue weighted by Crippen LogP contribution is -2.61. The predicted molar refractivity (Wildman–Crippen MR) is 15.9 cm³/mol. The van der Waals surface area contributed by atoms with Crippen LogP contribution in [0.2, 0.25) is 0 Å². The monoisotopic (exact) mass is 74.0 g/mol. The molecule has 0 rings (SSSR count). The second-order valence-corrected chi connectivity index (χ2v) is 0.524. The third-order valence-electron chi connectivity index (χ3n) is 0.209. The molecule has 3 heteroatoms. The Kier molecular flexibility index (Phi) is 2.99. The van der Waals surface area contributed by atoms with Crippen LogP contribution < -0.4 is 5.28 Å². The summed E-state index contributed by atoms with van der Waals surface area (Å²) >= 11 is 0. The first kappa shape index (κ1) is 4.40. The molecule has 0 aliphatic rings. The maximum Gasteiger partial charge on any atom is 0.155 e. The summed E-state index contributed by atoms with van der Waals surface area (Å²) < 4.78 is 0. The second-order valence-electron chi connectivity index (χ2n) is 0.524. The third kappa shape index (κ3) is 3.40. The minimum absolute atomic E-state index is 0.483. The molecule has 30 valence electrons. The molecule has 3 nitrogen and oxygen atoms in total. The average Bonchev–Trinajstić information content (AvgIpc) is 1.41. The van der Waals surface area contributed by atoms with E-state index >= 15 is 0 Å². The summed E-state index contributed by atoms with van der Waals surface area (Å²) in [7, 11) is 0. The Bertz CT molecular complexity index is 28.8. The van der Waals surface area contributed by atoms with E-state index in [1.807, 2.05) is 0 Å². The normalized spacial score (nSPS) is 6.60. The van der Waals surface area contributed by atoms with Gasteiger partial charge in [-0.1, -0.05) is 0 Å². The van der Waals surface area contributed by atoms with Crippen LogP contribution in [0, 0.1) is 0 Å². The Morgan fingerprint density at radius 1 is 2.00 bits per heavy atom. The van der Waals surface area contributed by atoms with Crippen LogP contribution in [0.25, 0.3) is 5.53 Å². The van der Waals surface area contributed by atoms with Crippen molar-refractivity contribution in [3.8, 4) is 0 Å². The van der Waals surface area contributed by atoms with Gasteiger partial charge in [-0.15, -0.1) is 5.28 Å². The minimum atomic E-state index is 0.483. The van der Waals surface area contributed by atoms with Gasteiger partial charge in [0.05, 0.1) is 0 Å². The van der Waals surface area contributed by atoms with Crippen LogP contribution >= 0.6 is 0 Å². The second kappa shape index (κ2) is 3.40. The Hall–Kier alpha value is -0.600. The highest BCUT2D eigenvalue weighted by atomic mass is 16.6. The van der Waals surface area contributed by atoms with E-state index in [0.717, 1.165) is 0 Å². The zero-order valence-corrected chi connectivity index (χ0v) is 3.06. The molecule has 0 heterocycles. The molecule has 0 saturated heterocycles. The van der Waals surface area contributed by atoms with Gasteiger partial charge in [0.1, 0.15) is 0 Å². The molecule has 0 amide bonds. The van der Waals surface area contributed by atoms with Gasteiger partial charge in [0.25, 0.3) is 0 Å². The number of nitrogens with zero attached hydrogens (tertiary/aromatic N) is 1. The van der Waals surface area contributed by atoms with Crippen LogP contribution in [-0.4, -0.2) is 6.61 Å². The van der Waals surface area contributed by atoms with E-state index in [4.69, 9.17) is 5.53 Å². The summed E-state index contributed by atoms with van der Waals surface area (Å²) in [4.78, 5) is 4.14. The SMILES string of the molecule is CCO[NH+]=[N-]. The first-order valence-corrected chi connectivity index (χ1v) is 1.42. The van der Waals surface area contributed by atoms with Crippen LogP contribution in [0.1, 0.15) is 6.92 Å². The molecule has 0 saturated carbocycles. The van der Waals surface area contributed by atoms with Crippen molar-refractivity contribution in [2.45, 2.75) is 6.92 Å². The van der Waals surface area contributed by atoms with Crippen molar-refractivity contribution in [1.82, 2.24) is 0 Å². The van der Waals surface area contributed by atoms with E-state index in [2.05, 4.69) is 4.84 Å². The van der Waals surface area contributed by atoms with E-state index in [-0.39, 0.29) is 0 Å². The zero-order chi connectivity index (χ0) is 4.12. The topological polar surface area (TPSA) is 45.5 Å². The predicted octanol–water partition coefficient (Wildman–Crippen LogP) is -0.960. The van der Waals surface area contributed by atoms with Crippen molar-refractivity contribution >= 4 is 0 Å². The van der Waals surface area contributed by atoms with Crippen LogP contribution in [0.5, 0.6) is 0 Å². The van der Waals surface area contributed by atoms with E-state index in [9.17, 15) is 0 Å². The lowest BCUT2D eigenvalue weighted by Gasteiger charge is -1.79. The summed E-state index contributed by atoms with van der Waals surface area (Å²) in [6, 6.07) is 0. The van der Waals surface area contributed by atoms with Crippen LogP contribution in [-0.2, 0) is 4.84 Å². The Labute approximate surface area is 30.4 Å². The lowest BCUT2D eigenvalue weighted by molar-refractivity contribution is -0.769. The summed E-state index contributed by atoms with van der Waals surface area (Å²) in [5.41, 5.74) is 7.59. The highest BCUT2D eigenvalue weighted by Crippen LogP contribution is 1.43. The maximum atomic E-state index is 7.59. The molecule has 0 atom stereocenters. The Morgan fingerprint density at radius 2 is 2.60 bits per heavy atom. The molecule has 0 unspecified atom stereocenters. The van der Waals surface area contributed by atoms with Gasteiger partial charge in [0.2, 0.25) is 0 Å².